The van der Waals surface area contributed by atoms with Crippen molar-refractivity contribution < 1.29 is 30.0 Å². The highest BCUT2D eigenvalue weighted by atomic mass is 16.5. The summed E-state index contributed by atoms with van der Waals surface area (Å²) < 4.78 is 4.93. The van der Waals surface area contributed by atoms with Gasteiger partial charge in [0.25, 0.3) is 0 Å². The standard InChI is InChI=1S/C11H16N2O6/c14-2-4-19-3-1-12-11(18)13-7-5-8(15)10(17)9(16)6-7/h5-6,14-17H,1-4H2,(H2,12,13,18). The normalized spacial score (nSPS) is 10.2. The zero-order chi connectivity index (χ0) is 14.3. The Morgan fingerprint density at radius 1 is 1.16 bits per heavy atom. The second-order valence-electron chi connectivity index (χ2n) is 3.58. The van der Waals surface area contributed by atoms with Crippen LogP contribution < -0.4 is 10.6 Å². The highest BCUT2D eigenvalue weighted by Gasteiger charge is 2.09. The lowest BCUT2D eigenvalue weighted by molar-refractivity contribution is 0.0950. The number of anilines is 1. The summed E-state index contributed by atoms with van der Waals surface area (Å²) in [6, 6.07) is 1.63. The van der Waals surface area contributed by atoms with Gasteiger partial charge in [-0.1, -0.05) is 0 Å². The smallest absolute Gasteiger partial charge is 0.319 e. The number of aliphatic hydroxyl groups excluding tert-OH is 1. The summed E-state index contributed by atoms with van der Waals surface area (Å²) in [4.78, 5) is 11.4. The monoisotopic (exact) mass is 272 g/mol. The Morgan fingerprint density at radius 3 is 2.37 bits per heavy atom. The minimum absolute atomic E-state index is 0.0851. The Kier molecular flexibility index (Phi) is 5.71. The molecule has 0 atom stereocenters. The summed E-state index contributed by atoms with van der Waals surface area (Å²) in [5.41, 5.74) is 0.126. The quantitative estimate of drug-likeness (QED) is 0.244. The van der Waals surface area contributed by atoms with Gasteiger partial charge in [-0.25, -0.2) is 4.79 Å². The molecule has 8 heteroatoms. The molecule has 0 aliphatic rings. The SMILES string of the molecule is O=C(NCCOCCO)Nc1cc(O)c(O)c(O)c1. The number of ether oxygens (including phenoxy) is 1. The molecule has 0 saturated heterocycles. The third-order valence-electron chi connectivity index (χ3n) is 2.10. The Morgan fingerprint density at radius 2 is 1.79 bits per heavy atom. The van der Waals surface area contributed by atoms with E-state index in [0.717, 1.165) is 12.1 Å². The molecule has 0 radical (unpaired) electrons. The summed E-state index contributed by atoms with van der Waals surface area (Å²) in [6.07, 6.45) is 0. The van der Waals surface area contributed by atoms with Gasteiger partial charge in [-0.2, -0.15) is 0 Å². The van der Waals surface area contributed by atoms with Crippen LogP contribution in [0.25, 0.3) is 0 Å². The fourth-order valence-corrected chi connectivity index (χ4v) is 1.25. The van der Waals surface area contributed by atoms with E-state index in [9.17, 15) is 15.0 Å². The number of rotatable bonds is 6. The predicted molar refractivity (Wildman–Crippen MR) is 66.4 cm³/mol. The van der Waals surface area contributed by atoms with Crippen molar-refractivity contribution in [1.29, 1.82) is 0 Å². The number of carbonyl (C=O) groups is 1. The molecule has 19 heavy (non-hydrogen) atoms. The van der Waals surface area contributed by atoms with Gasteiger partial charge in [-0.15, -0.1) is 0 Å². The highest BCUT2D eigenvalue weighted by molar-refractivity contribution is 5.90. The second-order valence-corrected chi connectivity index (χ2v) is 3.58. The van der Waals surface area contributed by atoms with Gasteiger partial charge in [-0.3, -0.25) is 0 Å². The summed E-state index contributed by atoms with van der Waals surface area (Å²) in [6.45, 7) is 0.600. The number of nitrogens with one attached hydrogen (secondary N) is 2. The molecular weight excluding hydrogens is 256 g/mol. The highest BCUT2D eigenvalue weighted by Crippen LogP contribution is 2.37. The number of carbonyl (C=O) groups excluding carboxylic acids is 1. The molecule has 0 aliphatic heterocycles. The Balaban J connectivity index is 2.40. The van der Waals surface area contributed by atoms with Crippen LogP contribution >= 0.6 is 0 Å². The van der Waals surface area contributed by atoms with Crippen LogP contribution in [0, 0.1) is 0 Å². The lowest BCUT2D eigenvalue weighted by Gasteiger charge is -2.09. The molecule has 0 fully saturated rings. The molecule has 0 heterocycles. The van der Waals surface area contributed by atoms with Crippen molar-refractivity contribution in [1.82, 2.24) is 5.32 Å². The first-order chi connectivity index (χ1) is 9.04. The molecule has 0 unspecified atom stereocenters. The Labute approximate surface area is 109 Å². The number of hydrogen-bond acceptors (Lipinski definition) is 6. The van der Waals surface area contributed by atoms with Crippen LogP contribution in [-0.4, -0.2) is 52.8 Å². The van der Waals surface area contributed by atoms with Crippen LogP contribution in [0.4, 0.5) is 10.5 Å². The van der Waals surface area contributed by atoms with Gasteiger partial charge >= 0.3 is 6.03 Å². The number of phenolic OH excluding ortho intramolecular Hbond substituents is 3. The average Bonchev–Trinajstić information content (AvgIpc) is 2.35. The van der Waals surface area contributed by atoms with Crippen molar-refractivity contribution >= 4 is 11.7 Å². The lowest BCUT2D eigenvalue weighted by atomic mass is 10.2. The maximum Gasteiger partial charge on any atom is 0.319 e. The average molecular weight is 272 g/mol. The van der Waals surface area contributed by atoms with E-state index >= 15 is 0 Å². The molecule has 2 amide bonds. The Bertz CT molecular complexity index is 414. The second kappa shape index (κ2) is 7.29. The van der Waals surface area contributed by atoms with Crippen LogP contribution in [0.15, 0.2) is 12.1 Å². The molecule has 0 aliphatic carbocycles. The zero-order valence-electron chi connectivity index (χ0n) is 10.1. The van der Waals surface area contributed by atoms with Gasteiger partial charge < -0.3 is 35.8 Å². The van der Waals surface area contributed by atoms with E-state index in [1.54, 1.807) is 0 Å². The molecular formula is C11H16N2O6. The van der Waals surface area contributed by atoms with Crippen molar-refractivity contribution in [2.24, 2.45) is 0 Å². The largest absolute Gasteiger partial charge is 0.504 e. The molecule has 106 valence electrons. The molecule has 6 N–H and O–H groups in total. The van der Waals surface area contributed by atoms with E-state index in [1.807, 2.05) is 0 Å². The minimum Gasteiger partial charge on any atom is -0.504 e. The first-order valence-corrected chi connectivity index (χ1v) is 5.53. The molecule has 0 bridgehead atoms. The first-order valence-electron chi connectivity index (χ1n) is 5.53. The summed E-state index contributed by atoms with van der Waals surface area (Å²) >= 11 is 0. The number of amides is 2. The molecule has 0 spiro atoms. The topological polar surface area (TPSA) is 131 Å². The number of hydrogen-bond donors (Lipinski definition) is 6. The van der Waals surface area contributed by atoms with E-state index in [1.165, 1.54) is 0 Å². The minimum atomic E-state index is -0.650. The summed E-state index contributed by atoms with van der Waals surface area (Å²) in [7, 11) is 0. The molecule has 1 aromatic carbocycles. The van der Waals surface area contributed by atoms with Gasteiger partial charge in [0.2, 0.25) is 0 Å². The van der Waals surface area contributed by atoms with Crippen molar-refractivity contribution in [2.75, 3.05) is 31.7 Å². The number of phenols is 3. The van der Waals surface area contributed by atoms with Gasteiger partial charge in [0.15, 0.2) is 17.2 Å². The fourth-order valence-electron chi connectivity index (χ4n) is 1.25. The number of urea groups is 1. The third kappa shape index (κ3) is 4.90. The van der Waals surface area contributed by atoms with Crippen LogP contribution in [-0.2, 0) is 4.74 Å². The van der Waals surface area contributed by atoms with E-state index in [0.29, 0.717) is 0 Å². The van der Waals surface area contributed by atoms with Gasteiger partial charge in [0, 0.05) is 18.7 Å². The first kappa shape index (κ1) is 14.9. The van der Waals surface area contributed by atoms with Crippen LogP contribution in [0.1, 0.15) is 0 Å². The molecule has 8 nitrogen and oxygen atoms in total. The van der Waals surface area contributed by atoms with Crippen molar-refractivity contribution in [3.63, 3.8) is 0 Å². The van der Waals surface area contributed by atoms with E-state index < -0.39 is 23.3 Å². The maximum atomic E-state index is 11.4. The van der Waals surface area contributed by atoms with Gasteiger partial charge in [0.1, 0.15) is 0 Å². The van der Waals surface area contributed by atoms with Crippen molar-refractivity contribution in [3.8, 4) is 17.2 Å². The molecule has 1 aromatic rings. The third-order valence-corrected chi connectivity index (χ3v) is 2.10. The van der Waals surface area contributed by atoms with E-state index in [4.69, 9.17) is 14.9 Å². The summed E-state index contributed by atoms with van der Waals surface area (Å²) in [5, 5.41) is 40.9. The van der Waals surface area contributed by atoms with Gasteiger partial charge in [0.05, 0.1) is 25.5 Å². The summed E-state index contributed by atoms with van der Waals surface area (Å²) in [5.74, 6) is -1.73. The number of benzene rings is 1. The fraction of sp³-hybridized carbons (Fsp3) is 0.364. The lowest BCUT2D eigenvalue weighted by Crippen LogP contribution is -2.31. The van der Waals surface area contributed by atoms with Crippen LogP contribution in [0.5, 0.6) is 17.2 Å². The zero-order valence-corrected chi connectivity index (χ0v) is 10.1. The van der Waals surface area contributed by atoms with Crippen LogP contribution in [0.2, 0.25) is 0 Å². The van der Waals surface area contributed by atoms with Crippen LogP contribution in [0.3, 0.4) is 0 Å². The number of aliphatic hydroxyl groups is 1. The molecule has 1 rings (SSSR count). The molecule has 0 aromatic heterocycles. The van der Waals surface area contributed by atoms with Crippen molar-refractivity contribution in [2.45, 2.75) is 0 Å². The molecule has 0 saturated carbocycles. The van der Waals surface area contributed by atoms with E-state index in [-0.39, 0.29) is 32.1 Å². The number of aromatic hydroxyl groups is 3. The maximum absolute atomic E-state index is 11.4. The van der Waals surface area contributed by atoms with E-state index in [2.05, 4.69) is 10.6 Å². The predicted octanol–water partition coefficient (Wildman–Crippen LogP) is -0.0662. The van der Waals surface area contributed by atoms with Crippen molar-refractivity contribution in [3.05, 3.63) is 12.1 Å². The van der Waals surface area contributed by atoms with Gasteiger partial charge in [-0.05, 0) is 0 Å². The Hall–Kier alpha value is -2.19.